The second-order valence-electron chi connectivity index (χ2n) is 9.58. The van der Waals surface area contributed by atoms with E-state index in [-0.39, 0.29) is 36.0 Å². The minimum atomic E-state index is -0.372. The van der Waals surface area contributed by atoms with Gasteiger partial charge in [-0.15, -0.1) is 0 Å². The monoisotopic (exact) mass is 520 g/mol. The third-order valence-electron chi connectivity index (χ3n) is 6.68. The summed E-state index contributed by atoms with van der Waals surface area (Å²) in [5.74, 6) is -0.254. The molecule has 1 atom stereocenters. The van der Waals surface area contributed by atoms with Gasteiger partial charge in [0.15, 0.2) is 11.5 Å². The number of hydrogen-bond donors (Lipinski definition) is 1. The molecule has 5 rings (SSSR count). The number of fused-ring (bicyclic) bond motifs is 1. The van der Waals surface area contributed by atoms with Crippen molar-refractivity contribution in [3.05, 3.63) is 137 Å². The van der Waals surface area contributed by atoms with E-state index in [1.165, 1.54) is 16.5 Å². The van der Waals surface area contributed by atoms with Crippen LogP contribution < -0.4 is 15.0 Å². The van der Waals surface area contributed by atoms with E-state index in [4.69, 9.17) is 4.74 Å². The Morgan fingerprint density at radius 2 is 1.62 bits per heavy atom. The van der Waals surface area contributed by atoms with Crippen LogP contribution in [-0.2, 0) is 17.8 Å². The molecule has 1 unspecified atom stereocenters. The normalized spacial score (nSPS) is 14.5. The van der Waals surface area contributed by atoms with Crippen LogP contribution in [0.5, 0.6) is 5.75 Å². The van der Waals surface area contributed by atoms with Gasteiger partial charge in [-0.3, -0.25) is 14.5 Å². The molecule has 1 N–H and O–H groups in total. The lowest BCUT2D eigenvalue weighted by Crippen LogP contribution is -2.37. The number of amides is 2. The molecule has 0 saturated carbocycles. The van der Waals surface area contributed by atoms with Crippen molar-refractivity contribution in [2.45, 2.75) is 32.4 Å². The van der Waals surface area contributed by atoms with Crippen molar-refractivity contribution < 1.29 is 18.7 Å². The summed E-state index contributed by atoms with van der Waals surface area (Å²) >= 11 is 0. The summed E-state index contributed by atoms with van der Waals surface area (Å²) in [7, 11) is 0. The molecule has 0 saturated heterocycles. The van der Waals surface area contributed by atoms with Crippen molar-refractivity contribution in [3.63, 3.8) is 0 Å². The quantitative estimate of drug-likeness (QED) is 0.268. The van der Waals surface area contributed by atoms with Gasteiger partial charge >= 0.3 is 0 Å². The number of nitrogens with one attached hydrogen (secondary N) is 1. The maximum atomic E-state index is 14.4. The fraction of sp³-hybridized carbons (Fsp3) is 0.152. The molecule has 0 spiro atoms. The van der Waals surface area contributed by atoms with Crippen LogP contribution in [0.4, 0.5) is 10.1 Å². The molecule has 4 aromatic rings. The topological polar surface area (TPSA) is 58.6 Å². The highest BCUT2D eigenvalue weighted by molar-refractivity contribution is 6.09. The van der Waals surface area contributed by atoms with Crippen molar-refractivity contribution in [2.24, 2.45) is 0 Å². The Hall–Kier alpha value is -4.71. The second kappa shape index (κ2) is 11.8. The summed E-state index contributed by atoms with van der Waals surface area (Å²) in [5, 5.41) is 3.05. The molecule has 196 valence electrons. The highest BCUT2D eigenvalue weighted by Crippen LogP contribution is 2.36. The Balaban J connectivity index is 1.28. The van der Waals surface area contributed by atoms with E-state index in [0.29, 0.717) is 28.1 Å². The van der Waals surface area contributed by atoms with E-state index < -0.39 is 0 Å². The molecule has 1 aliphatic heterocycles. The van der Waals surface area contributed by atoms with Crippen LogP contribution in [0.3, 0.4) is 0 Å². The number of aryl methyl sites for hydroxylation is 1. The van der Waals surface area contributed by atoms with Gasteiger partial charge in [-0.1, -0.05) is 72.8 Å². The summed E-state index contributed by atoms with van der Waals surface area (Å²) in [6.45, 7) is 2.07. The molecule has 0 aromatic heterocycles. The molecule has 0 aliphatic carbocycles. The smallest absolute Gasteiger partial charge is 0.294 e. The van der Waals surface area contributed by atoms with Gasteiger partial charge in [0.25, 0.3) is 11.8 Å². The third-order valence-corrected chi connectivity index (χ3v) is 6.68. The van der Waals surface area contributed by atoms with Crippen LogP contribution in [0.1, 0.15) is 40.4 Å². The Labute approximate surface area is 227 Å². The zero-order chi connectivity index (χ0) is 27.2. The SMILES string of the molecule is CC(CCc1ccccc1)NC(=O)c1ccc(C=C2Oc3ccccc3N(Cc3ccccc3F)C2=O)cc1. The number of anilines is 1. The molecule has 4 aromatic carbocycles. The van der Waals surface area contributed by atoms with Gasteiger partial charge in [0.2, 0.25) is 0 Å². The molecule has 0 bridgehead atoms. The van der Waals surface area contributed by atoms with Crippen molar-refractivity contribution >= 4 is 23.6 Å². The number of ether oxygens (including phenoxy) is 1. The zero-order valence-corrected chi connectivity index (χ0v) is 21.6. The van der Waals surface area contributed by atoms with Crippen molar-refractivity contribution in [2.75, 3.05) is 4.90 Å². The average molecular weight is 521 g/mol. The molecule has 5 nitrogen and oxygen atoms in total. The van der Waals surface area contributed by atoms with Gasteiger partial charge in [0.1, 0.15) is 5.82 Å². The van der Waals surface area contributed by atoms with E-state index in [0.717, 1.165) is 12.8 Å². The van der Waals surface area contributed by atoms with E-state index >= 15 is 0 Å². The van der Waals surface area contributed by atoms with Crippen LogP contribution in [0, 0.1) is 5.82 Å². The fourth-order valence-electron chi connectivity index (χ4n) is 4.51. The first kappa shape index (κ1) is 25.9. The summed E-state index contributed by atoms with van der Waals surface area (Å²) in [5.41, 5.74) is 3.47. The number of rotatable bonds is 8. The maximum absolute atomic E-state index is 14.4. The molecular weight excluding hydrogens is 491 g/mol. The highest BCUT2D eigenvalue weighted by atomic mass is 19.1. The van der Waals surface area contributed by atoms with Crippen LogP contribution in [-0.4, -0.2) is 17.9 Å². The summed E-state index contributed by atoms with van der Waals surface area (Å²) in [6, 6.07) is 30.8. The fourth-order valence-corrected chi connectivity index (χ4v) is 4.51. The van der Waals surface area contributed by atoms with Gasteiger partial charge in [-0.25, -0.2) is 4.39 Å². The predicted molar refractivity (Wildman–Crippen MR) is 151 cm³/mol. The van der Waals surface area contributed by atoms with Crippen molar-refractivity contribution in [3.8, 4) is 5.75 Å². The Morgan fingerprint density at radius 3 is 2.38 bits per heavy atom. The zero-order valence-electron chi connectivity index (χ0n) is 21.6. The van der Waals surface area contributed by atoms with E-state index in [1.807, 2.05) is 37.3 Å². The summed E-state index contributed by atoms with van der Waals surface area (Å²) in [4.78, 5) is 27.7. The Morgan fingerprint density at radius 1 is 0.923 bits per heavy atom. The van der Waals surface area contributed by atoms with Gasteiger partial charge < -0.3 is 10.1 Å². The first-order valence-corrected chi connectivity index (χ1v) is 13.0. The van der Waals surface area contributed by atoms with Crippen LogP contribution in [0.15, 0.2) is 109 Å². The van der Waals surface area contributed by atoms with Gasteiger partial charge in [0, 0.05) is 17.2 Å². The number of benzene rings is 4. The lowest BCUT2D eigenvalue weighted by molar-refractivity contribution is -0.117. The molecule has 0 radical (unpaired) electrons. The lowest BCUT2D eigenvalue weighted by Gasteiger charge is -2.30. The number of hydrogen-bond acceptors (Lipinski definition) is 3. The van der Waals surface area contributed by atoms with E-state index in [1.54, 1.807) is 60.7 Å². The minimum Gasteiger partial charge on any atom is -0.449 e. The standard InChI is InChI=1S/C33H29FN2O3/c1-23(15-16-24-9-3-2-4-10-24)35-32(37)26-19-17-25(18-20-26)21-31-33(38)36(22-27-11-5-6-12-28(27)34)29-13-7-8-14-30(29)39-31/h2-14,17-21,23H,15-16,22H2,1H3,(H,35,37). The minimum absolute atomic E-state index is 0.0215. The molecule has 39 heavy (non-hydrogen) atoms. The van der Waals surface area contributed by atoms with Crippen molar-refractivity contribution in [1.82, 2.24) is 5.32 Å². The maximum Gasteiger partial charge on any atom is 0.294 e. The van der Waals surface area contributed by atoms with Crippen molar-refractivity contribution in [1.29, 1.82) is 0 Å². The van der Waals surface area contributed by atoms with Gasteiger partial charge in [0.05, 0.1) is 12.2 Å². The third kappa shape index (κ3) is 6.24. The number of carbonyl (C=O) groups excluding carboxylic acids is 2. The first-order valence-electron chi connectivity index (χ1n) is 13.0. The lowest BCUT2D eigenvalue weighted by atomic mass is 10.1. The van der Waals surface area contributed by atoms with Crippen LogP contribution in [0.25, 0.3) is 6.08 Å². The summed E-state index contributed by atoms with van der Waals surface area (Å²) < 4.78 is 20.3. The highest BCUT2D eigenvalue weighted by Gasteiger charge is 2.30. The predicted octanol–water partition coefficient (Wildman–Crippen LogP) is 6.54. The molecule has 2 amide bonds. The van der Waals surface area contributed by atoms with Gasteiger partial charge in [-0.2, -0.15) is 0 Å². The Kier molecular flexibility index (Phi) is 7.83. The molecule has 0 fully saturated rings. The number of carbonyl (C=O) groups is 2. The summed E-state index contributed by atoms with van der Waals surface area (Å²) in [6.07, 6.45) is 3.36. The molecule has 1 aliphatic rings. The number of nitrogens with zero attached hydrogens (tertiary/aromatic N) is 1. The van der Waals surface area contributed by atoms with Gasteiger partial charge in [-0.05, 0) is 67.3 Å². The van der Waals surface area contributed by atoms with Crippen LogP contribution in [0.2, 0.25) is 0 Å². The van der Waals surface area contributed by atoms with E-state index in [9.17, 15) is 14.0 Å². The number of para-hydroxylation sites is 2. The molecule has 1 heterocycles. The number of halogens is 1. The largest absolute Gasteiger partial charge is 0.449 e. The average Bonchev–Trinajstić information content (AvgIpc) is 2.96. The molecule has 6 heteroatoms. The second-order valence-corrected chi connectivity index (χ2v) is 9.58. The van der Waals surface area contributed by atoms with E-state index in [2.05, 4.69) is 17.4 Å². The Bertz CT molecular complexity index is 1500. The first-order chi connectivity index (χ1) is 19.0. The molecular formula is C33H29FN2O3. The van der Waals surface area contributed by atoms with Crippen LogP contribution >= 0.6 is 0 Å².